The SMILES string of the molecule is CC(C)c1cc(=O)[nH]c2nnc(SCC(=O)N3CCC(Cc4ccccc4)CC3)n12. The number of fused-ring (bicyclic) bond motifs is 1. The molecule has 1 aliphatic heterocycles. The van der Waals surface area contributed by atoms with E-state index in [-0.39, 0.29) is 17.4 Å². The van der Waals surface area contributed by atoms with E-state index in [0.717, 1.165) is 38.0 Å². The number of nitrogens with zero attached hydrogens (tertiary/aromatic N) is 4. The molecule has 1 aliphatic rings. The van der Waals surface area contributed by atoms with E-state index in [2.05, 4.69) is 39.4 Å². The molecule has 3 aromatic rings. The monoisotopic (exact) mass is 425 g/mol. The number of carbonyl (C=O) groups is 1. The number of aromatic nitrogens is 4. The summed E-state index contributed by atoms with van der Waals surface area (Å²) in [6.45, 7) is 5.66. The average Bonchev–Trinajstić information content (AvgIpc) is 3.15. The number of rotatable bonds is 6. The second-order valence-electron chi connectivity index (χ2n) is 8.16. The minimum atomic E-state index is -0.190. The third-order valence-corrected chi connectivity index (χ3v) is 6.57. The summed E-state index contributed by atoms with van der Waals surface area (Å²) in [7, 11) is 0. The van der Waals surface area contributed by atoms with Crippen LogP contribution in [0.3, 0.4) is 0 Å². The quantitative estimate of drug-likeness (QED) is 0.614. The summed E-state index contributed by atoms with van der Waals surface area (Å²) in [5.74, 6) is 1.65. The van der Waals surface area contributed by atoms with Crippen LogP contribution in [0.4, 0.5) is 0 Å². The van der Waals surface area contributed by atoms with Crippen molar-refractivity contribution in [3.05, 3.63) is 58.0 Å². The van der Waals surface area contributed by atoms with Gasteiger partial charge in [0.05, 0.1) is 5.75 Å². The lowest BCUT2D eigenvalue weighted by Crippen LogP contribution is -2.39. The number of hydrogen-bond donors (Lipinski definition) is 1. The summed E-state index contributed by atoms with van der Waals surface area (Å²) < 4.78 is 1.84. The molecule has 1 aromatic carbocycles. The first-order chi connectivity index (χ1) is 14.5. The molecule has 3 heterocycles. The van der Waals surface area contributed by atoms with Gasteiger partial charge in [-0.15, -0.1) is 10.2 Å². The smallest absolute Gasteiger partial charge is 0.252 e. The number of aromatic amines is 1. The van der Waals surface area contributed by atoms with Gasteiger partial charge in [-0.2, -0.15) is 0 Å². The first kappa shape index (κ1) is 20.7. The van der Waals surface area contributed by atoms with Gasteiger partial charge in [-0.3, -0.25) is 19.0 Å². The number of likely N-dealkylation sites (tertiary alicyclic amines) is 1. The Kier molecular flexibility index (Phi) is 6.22. The molecule has 0 saturated carbocycles. The molecule has 7 nitrogen and oxygen atoms in total. The molecule has 8 heteroatoms. The van der Waals surface area contributed by atoms with E-state index in [1.54, 1.807) is 6.07 Å². The highest BCUT2D eigenvalue weighted by molar-refractivity contribution is 7.99. The zero-order valence-electron chi connectivity index (χ0n) is 17.4. The summed E-state index contributed by atoms with van der Waals surface area (Å²) in [5.41, 5.74) is 2.02. The Bertz CT molecular complexity index is 1070. The van der Waals surface area contributed by atoms with Crippen LogP contribution in [0.1, 0.15) is 43.9 Å². The van der Waals surface area contributed by atoms with Gasteiger partial charge in [0.15, 0.2) is 5.16 Å². The minimum Gasteiger partial charge on any atom is -0.342 e. The maximum Gasteiger partial charge on any atom is 0.252 e. The Morgan fingerprint density at radius 2 is 1.93 bits per heavy atom. The topological polar surface area (TPSA) is 83.4 Å². The molecular weight excluding hydrogens is 398 g/mol. The Morgan fingerprint density at radius 1 is 1.20 bits per heavy atom. The highest BCUT2D eigenvalue weighted by atomic mass is 32.2. The Labute approximate surface area is 179 Å². The highest BCUT2D eigenvalue weighted by Crippen LogP contribution is 2.24. The van der Waals surface area contributed by atoms with Gasteiger partial charge in [0.2, 0.25) is 11.7 Å². The molecule has 0 unspecified atom stereocenters. The third kappa shape index (κ3) is 4.59. The van der Waals surface area contributed by atoms with Crippen molar-refractivity contribution >= 4 is 23.4 Å². The van der Waals surface area contributed by atoms with Crippen molar-refractivity contribution in [1.82, 2.24) is 24.5 Å². The molecule has 1 amide bonds. The van der Waals surface area contributed by atoms with Crippen molar-refractivity contribution < 1.29 is 4.79 Å². The van der Waals surface area contributed by atoms with Crippen LogP contribution in [0, 0.1) is 5.92 Å². The van der Waals surface area contributed by atoms with Gasteiger partial charge in [-0.1, -0.05) is 55.9 Å². The Morgan fingerprint density at radius 3 is 2.63 bits per heavy atom. The molecule has 0 bridgehead atoms. The maximum atomic E-state index is 12.8. The average molecular weight is 426 g/mol. The lowest BCUT2D eigenvalue weighted by Gasteiger charge is -2.32. The molecule has 2 aromatic heterocycles. The molecule has 0 aliphatic carbocycles. The van der Waals surface area contributed by atoms with Crippen molar-refractivity contribution in [2.45, 2.75) is 44.2 Å². The van der Waals surface area contributed by atoms with Gasteiger partial charge < -0.3 is 4.90 Å². The number of carbonyl (C=O) groups excluding carboxylic acids is 1. The van der Waals surface area contributed by atoms with E-state index in [9.17, 15) is 9.59 Å². The van der Waals surface area contributed by atoms with Gasteiger partial charge in [0.25, 0.3) is 5.56 Å². The lowest BCUT2D eigenvalue weighted by atomic mass is 9.90. The van der Waals surface area contributed by atoms with E-state index < -0.39 is 0 Å². The second-order valence-corrected chi connectivity index (χ2v) is 9.10. The van der Waals surface area contributed by atoms with Gasteiger partial charge in [0, 0.05) is 24.8 Å². The van der Waals surface area contributed by atoms with Crippen LogP contribution < -0.4 is 5.56 Å². The fourth-order valence-corrected chi connectivity index (χ4v) is 4.85. The predicted octanol–water partition coefficient (Wildman–Crippen LogP) is 3.11. The molecule has 158 valence electrons. The Balaban J connectivity index is 1.35. The van der Waals surface area contributed by atoms with Gasteiger partial charge in [-0.05, 0) is 36.7 Å². The van der Waals surface area contributed by atoms with Crippen LogP contribution in [0.15, 0.2) is 46.3 Å². The zero-order valence-corrected chi connectivity index (χ0v) is 18.2. The number of amides is 1. The molecular formula is C22H27N5O2S. The van der Waals surface area contributed by atoms with E-state index in [1.165, 1.54) is 17.3 Å². The molecule has 0 atom stereocenters. The van der Waals surface area contributed by atoms with Crippen molar-refractivity contribution in [3.8, 4) is 0 Å². The number of thioether (sulfide) groups is 1. The van der Waals surface area contributed by atoms with Crippen LogP contribution in [-0.2, 0) is 11.2 Å². The Hall–Kier alpha value is -2.61. The standard InChI is InChI=1S/C22H27N5O2S/c1-15(2)18-13-19(28)23-21-24-25-22(27(18)21)30-14-20(29)26-10-8-17(9-11-26)12-16-6-4-3-5-7-16/h3-7,13,15,17H,8-12,14H2,1-2H3,(H,23,24,28). The number of benzene rings is 1. The summed E-state index contributed by atoms with van der Waals surface area (Å²) in [5, 5.41) is 8.90. The fraction of sp³-hybridized carbons (Fsp3) is 0.455. The third-order valence-electron chi connectivity index (χ3n) is 5.66. The van der Waals surface area contributed by atoms with Crippen LogP contribution in [0.5, 0.6) is 0 Å². The molecule has 4 rings (SSSR count). The summed E-state index contributed by atoms with van der Waals surface area (Å²) in [4.78, 5) is 29.3. The number of H-pyrrole nitrogens is 1. The maximum absolute atomic E-state index is 12.8. The van der Waals surface area contributed by atoms with Crippen molar-refractivity contribution in [2.24, 2.45) is 5.92 Å². The van der Waals surface area contributed by atoms with Crippen molar-refractivity contribution in [3.63, 3.8) is 0 Å². The van der Waals surface area contributed by atoms with E-state index in [1.807, 2.05) is 29.2 Å². The van der Waals surface area contributed by atoms with Gasteiger partial charge in [0.1, 0.15) is 0 Å². The summed E-state index contributed by atoms with van der Waals surface area (Å²) in [6, 6.07) is 12.1. The van der Waals surface area contributed by atoms with E-state index in [0.29, 0.717) is 22.6 Å². The van der Waals surface area contributed by atoms with Gasteiger partial charge >= 0.3 is 0 Å². The molecule has 1 saturated heterocycles. The predicted molar refractivity (Wildman–Crippen MR) is 118 cm³/mol. The van der Waals surface area contributed by atoms with Crippen LogP contribution in [0.25, 0.3) is 5.78 Å². The number of hydrogen-bond acceptors (Lipinski definition) is 5. The molecule has 1 fully saturated rings. The first-order valence-corrected chi connectivity index (χ1v) is 11.4. The zero-order chi connectivity index (χ0) is 21.1. The molecule has 0 spiro atoms. The van der Waals surface area contributed by atoms with Crippen LogP contribution in [0.2, 0.25) is 0 Å². The summed E-state index contributed by atoms with van der Waals surface area (Å²) in [6.07, 6.45) is 3.16. The lowest BCUT2D eigenvalue weighted by molar-refractivity contribution is -0.129. The fourth-order valence-electron chi connectivity index (χ4n) is 4.00. The van der Waals surface area contributed by atoms with Crippen LogP contribution in [-0.4, -0.2) is 49.2 Å². The highest BCUT2D eigenvalue weighted by Gasteiger charge is 2.24. The van der Waals surface area contributed by atoms with E-state index in [4.69, 9.17) is 0 Å². The van der Waals surface area contributed by atoms with Crippen LogP contribution >= 0.6 is 11.8 Å². The minimum absolute atomic E-state index is 0.130. The van der Waals surface area contributed by atoms with E-state index >= 15 is 0 Å². The molecule has 30 heavy (non-hydrogen) atoms. The van der Waals surface area contributed by atoms with Gasteiger partial charge in [-0.25, -0.2) is 0 Å². The first-order valence-electron chi connectivity index (χ1n) is 10.4. The molecule has 1 N–H and O–H groups in total. The molecule has 0 radical (unpaired) electrons. The normalized spacial score (nSPS) is 15.2. The summed E-state index contributed by atoms with van der Waals surface area (Å²) >= 11 is 1.38. The second kappa shape index (κ2) is 9.04. The van der Waals surface area contributed by atoms with Crippen molar-refractivity contribution in [2.75, 3.05) is 18.8 Å². The van der Waals surface area contributed by atoms with Crippen molar-refractivity contribution in [1.29, 1.82) is 0 Å². The number of nitrogens with one attached hydrogen (secondary N) is 1. The largest absolute Gasteiger partial charge is 0.342 e. The number of piperidine rings is 1.